The summed E-state index contributed by atoms with van der Waals surface area (Å²) in [4.78, 5) is 25.8. The molecule has 1 amide bonds. The van der Waals surface area contributed by atoms with Crippen LogP contribution in [0.1, 0.15) is 36.4 Å². The molecule has 2 aromatic rings. The number of hydrazone groups is 1. The van der Waals surface area contributed by atoms with Crippen LogP contribution in [0.3, 0.4) is 0 Å². The molecule has 0 saturated heterocycles. The van der Waals surface area contributed by atoms with Gasteiger partial charge in [0.25, 0.3) is 0 Å². The van der Waals surface area contributed by atoms with E-state index in [2.05, 4.69) is 5.10 Å². The van der Waals surface area contributed by atoms with Gasteiger partial charge in [0, 0.05) is 38.2 Å². The first-order chi connectivity index (χ1) is 14.8. The zero-order valence-corrected chi connectivity index (χ0v) is 18.2. The van der Waals surface area contributed by atoms with E-state index < -0.39 is 5.97 Å². The van der Waals surface area contributed by atoms with Gasteiger partial charge in [0.1, 0.15) is 0 Å². The summed E-state index contributed by atoms with van der Waals surface area (Å²) in [7, 11) is 7.06. The van der Waals surface area contributed by atoms with E-state index in [-0.39, 0.29) is 24.8 Å². The van der Waals surface area contributed by atoms with E-state index in [1.807, 2.05) is 55.4 Å². The molecule has 1 unspecified atom stereocenters. The molecule has 164 valence electrons. The maximum atomic E-state index is 12.8. The predicted octanol–water partition coefficient (Wildman–Crippen LogP) is 3.31. The summed E-state index contributed by atoms with van der Waals surface area (Å²) >= 11 is 0. The average molecular weight is 425 g/mol. The van der Waals surface area contributed by atoms with Gasteiger partial charge in [0.15, 0.2) is 11.5 Å². The molecule has 8 nitrogen and oxygen atoms in total. The minimum Gasteiger partial charge on any atom is -0.493 e. The van der Waals surface area contributed by atoms with Gasteiger partial charge >= 0.3 is 5.97 Å². The van der Waals surface area contributed by atoms with Crippen molar-refractivity contribution in [3.05, 3.63) is 53.6 Å². The van der Waals surface area contributed by atoms with Gasteiger partial charge in [-0.25, -0.2) is 5.01 Å². The molecule has 1 N–H and O–H groups in total. The van der Waals surface area contributed by atoms with Gasteiger partial charge < -0.3 is 19.5 Å². The highest BCUT2D eigenvalue weighted by Crippen LogP contribution is 2.36. The third-order valence-electron chi connectivity index (χ3n) is 5.23. The van der Waals surface area contributed by atoms with E-state index in [0.29, 0.717) is 17.9 Å². The Labute approximate surface area is 181 Å². The molecule has 0 bridgehead atoms. The second-order valence-corrected chi connectivity index (χ2v) is 7.45. The number of ether oxygens (including phenoxy) is 2. The quantitative estimate of drug-likeness (QED) is 0.698. The first-order valence-electron chi connectivity index (χ1n) is 9.95. The molecule has 0 radical (unpaired) electrons. The summed E-state index contributed by atoms with van der Waals surface area (Å²) in [5, 5.41) is 15.0. The van der Waals surface area contributed by atoms with Crippen molar-refractivity contribution >= 4 is 23.3 Å². The second kappa shape index (κ2) is 9.51. The number of anilines is 1. The smallest absolute Gasteiger partial charge is 0.303 e. The molecule has 1 aliphatic heterocycles. The summed E-state index contributed by atoms with van der Waals surface area (Å²) in [6, 6.07) is 13.1. The van der Waals surface area contributed by atoms with Crippen LogP contribution < -0.4 is 14.4 Å². The van der Waals surface area contributed by atoms with Crippen molar-refractivity contribution in [3.63, 3.8) is 0 Å². The third kappa shape index (κ3) is 4.96. The van der Waals surface area contributed by atoms with Crippen molar-refractivity contribution in [3.8, 4) is 11.5 Å². The Morgan fingerprint density at radius 3 is 2.32 bits per heavy atom. The fraction of sp³-hybridized carbons (Fsp3) is 0.348. The Hall–Kier alpha value is -3.55. The lowest BCUT2D eigenvalue weighted by atomic mass is 9.97. The SMILES string of the molecule is COc1ccc(C2=NN(C(=O)CCC(=O)O)C(c3ccc(N(C)C)cc3)C2)cc1OC. The molecule has 0 saturated carbocycles. The summed E-state index contributed by atoms with van der Waals surface area (Å²) in [5.74, 6) is -0.150. The van der Waals surface area contributed by atoms with Crippen molar-refractivity contribution < 1.29 is 24.2 Å². The Kier molecular flexibility index (Phi) is 6.79. The van der Waals surface area contributed by atoms with Crippen LogP contribution in [-0.4, -0.2) is 56.0 Å². The number of hydrogen-bond donors (Lipinski definition) is 1. The van der Waals surface area contributed by atoms with Crippen molar-refractivity contribution in [2.24, 2.45) is 5.10 Å². The molecule has 2 aromatic carbocycles. The molecule has 3 rings (SSSR count). The Bertz CT molecular complexity index is 985. The van der Waals surface area contributed by atoms with Gasteiger partial charge in [-0.3, -0.25) is 9.59 Å². The molecule has 1 heterocycles. The minimum atomic E-state index is -1.01. The zero-order chi connectivity index (χ0) is 22.5. The van der Waals surface area contributed by atoms with E-state index in [9.17, 15) is 9.59 Å². The number of methoxy groups -OCH3 is 2. The van der Waals surface area contributed by atoms with E-state index >= 15 is 0 Å². The highest BCUT2D eigenvalue weighted by Gasteiger charge is 2.33. The van der Waals surface area contributed by atoms with E-state index in [1.54, 1.807) is 20.3 Å². The van der Waals surface area contributed by atoms with Crippen LogP contribution in [0.2, 0.25) is 0 Å². The number of hydrogen-bond acceptors (Lipinski definition) is 6. The Balaban J connectivity index is 1.93. The lowest BCUT2D eigenvalue weighted by Crippen LogP contribution is -2.27. The molecular formula is C23H27N3O5. The number of carbonyl (C=O) groups excluding carboxylic acids is 1. The standard InChI is InChI=1S/C23H27N3O5/c1-25(2)17-8-5-15(6-9-17)19-14-18(24-26(19)22(27)11-12-23(28)29)16-7-10-20(30-3)21(13-16)31-4/h5-10,13,19H,11-12,14H2,1-4H3,(H,28,29). The number of aliphatic carboxylic acids is 1. The number of nitrogens with zero attached hydrogens (tertiary/aromatic N) is 3. The van der Waals surface area contributed by atoms with Crippen LogP contribution in [0.4, 0.5) is 5.69 Å². The van der Waals surface area contributed by atoms with E-state index in [4.69, 9.17) is 14.6 Å². The lowest BCUT2D eigenvalue weighted by Gasteiger charge is -2.22. The average Bonchev–Trinajstić information content (AvgIpc) is 3.22. The largest absolute Gasteiger partial charge is 0.493 e. The Morgan fingerprint density at radius 2 is 1.74 bits per heavy atom. The highest BCUT2D eigenvalue weighted by atomic mass is 16.5. The molecule has 0 fully saturated rings. The normalized spacial score (nSPS) is 15.4. The third-order valence-corrected chi connectivity index (χ3v) is 5.23. The van der Waals surface area contributed by atoms with Crippen molar-refractivity contribution in [2.45, 2.75) is 25.3 Å². The lowest BCUT2D eigenvalue weighted by molar-refractivity contribution is -0.141. The van der Waals surface area contributed by atoms with Crippen LogP contribution in [0.5, 0.6) is 11.5 Å². The molecule has 0 aromatic heterocycles. The van der Waals surface area contributed by atoms with Gasteiger partial charge in [0.2, 0.25) is 5.91 Å². The van der Waals surface area contributed by atoms with Crippen LogP contribution >= 0.6 is 0 Å². The maximum Gasteiger partial charge on any atom is 0.303 e. The number of benzene rings is 2. The Morgan fingerprint density at radius 1 is 1.06 bits per heavy atom. The molecular weight excluding hydrogens is 398 g/mol. The van der Waals surface area contributed by atoms with E-state index in [1.165, 1.54) is 5.01 Å². The number of rotatable bonds is 8. The number of carboxylic acid groups (broad SMARTS) is 1. The topological polar surface area (TPSA) is 91.7 Å². The van der Waals surface area contributed by atoms with Gasteiger partial charge in [-0.2, -0.15) is 5.10 Å². The summed E-state index contributed by atoms with van der Waals surface area (Å²) in [5.41, 5.74) is 3.53. The fourth-order valence-electron chi connectivity index (χ4n) is 3.51. The van der Waals surface area contributed by atoms with Crippen LogP contribution in [0, 0.1) is 0 Å². The summed E-state index contributed by atoms with van der Waals surface area (Å²) in [6.45, 7) is 0. The van der Waals surface area contributed by atoms with Gasteiger partial charge in [0.05, 0.1) is 32.4 Å². The number of carbonyl (C=O) groups is 2. The second-order valence-electron chi connectivity index (χ2n) is 7.45. The first-order valence-corrected chi connectivity index (χ1v) is 9.95. The summed E-state index contributed by atoms with van der Waals surface area (Å²) in [6.07, 6.45) is 0.169. The van der Waals surface area contributed by atoms with Gasteiger partial charge in [-0.1, -0.05) is 12.1 Å². The van der Waals surface area contributed by atoms with Crippen molar-refractivity contribution in [2.75, 3.05) is 33.2 Å². The predicted molar refractivity (Wildman–Crippen MR) is 118 cm³/mol. The van der Waals surface area contributed by atoms with Crippen LogP contribution in [0.15, 0.2) is 47.6 Å². The molecule has 0 spiro atoms. The summed E-state index contributed by atoms with van der Waals surface area (Å²) < 4.78 is 10.7. The van der Waals surface area contributed by atoms with Crippen molar-refractivity contribution in [1.29, 1.82) is 0 Å². The number of amides is 1. The van der Waals surface area contributed by atoms with Gasteiger partial charge in [-0.05, 0) is 35.9 Å². The van der Waals surface area contributed by atoms with Gasteiger partial charge in [-0.15, -0.1) is 0 Å². The molecule has 1 atom stereocenters. The number of carboxylic acids is 1. The zero-order valence-electron chi connectivity index (χ0n) is 18.2. The molecule has 31 heavy (non-hydrogen) atoms. The molecule has 0 aliphatic carbocycles. The fourth-order valence-corrected chi connectivity index (χ4v) is 3.51. The molecule has 1 aliphatic rings. The van der Waals surface area contributed by atoms with Crippen LogP contribution in [0.25, 0.3) is 0 Å². The maximum absolute atomic E-state index is 12.8. The highest BCUT2D eigenvalue weighted by molar-refractivity contribution is 6.03. The first kappa shape index (κ1) is 22.1. The minimum absolute atomic E-state index is 0.107. The van der Waals surface area contributed by atoms with E-state index in [0.717, 1.165) is 22.5 Å². The van der Waals surface area contributed by atoms with Crippen LogP contribution in [-0.2, 0) is 9.59 Å². The van der Waals surface area contributed by atoms with Crippen molar-refractivity contribution in [1.82, 2.24) is 5.01 Å². The molecule has 8 heteroatoms. The monoisotopic (exact) mass is 425 g/mol.